The van der Waals surface area contributed by atoms with E-state index in [0.29, 0.717) is 0 Å². The van der Waals surface area contributed by atoms with Crippen molar-refractivity contribution in [3.8, 4) is 0 Å². The molecule has 0 unspecified atom stereocenters. The average molecular weight is 238 g/mol. The zero-order valence-electron chi connectivity index (χ0n) is 9.84. The minimum atomic E-state index is -0.124. The van der Waals surface area contributed by atoms with Gasteiger partial charge in [-0.25, -0.2) is 0 Å². The van der Waals surface area contributed by atoms with Gasteiger partial charge in [-0.3, -0.25) is 0 Å². The second kappa shape index (κ2) is 9.11. The Morgan fingerprint density at radius 3 is 1.46 bits per heavy atom. The monoisotopic (exact) mass is 236 g/mol. The Kier molecular flexibility index (Phi) is 9.49. The van der Waals surface area contributed by atoms with E-state index in [1.165, 1.54) is 25.9 Å². The van der Waals surface area contributed by atoms with Crippen molar-refractivity contribution >= 4 is 0 Å². The van der Waals surface area contributed by atoms with E-state index < -0.39 is 0 Å². The molecule has 13 heavy (non-hydrogen) atoms. The SMILES string of the molecule is CN(C)CC[CH2][Zn][CH2]CCN(C)C. The second-order valence-electron chi connectivity index (χ2n) is 4.37. The Labute approximate surface area is 91.3 Å². The molecule has 0 fully saturated rings. The van der Waals surface area contributed by atoms with Gasteiger partial charge in [-0.15, -0.1) is 0 Å². The van der Waals surface area contributed by atoms with E-state index in [1.807, 2.05) is 0 Å². The van der Waals surface area contributed by atoms with Crippen molar-refractivity contribution in [3.63, 3.8) is 0 Å². The summed E-state index contributed by atoms with van der Waals surface area (Å²) in [5.74, 6) is 0. The predicted molar refractivity (Wildman–Crippen MR) is 56.0 cm³/mol. The molecule has 76 valence electrons. The van der Waals surface area contributed by atoms with E-state index in [2.05, 4.69) is 38.0 Å². The van der Waals surface area contributed by atoms with E-state index in [0.717, 1.165) is 0 Å². The molecule has 0 aromatic carbocycles. The second-order valence-corrected chi connectivity index (χ2v) is 8.83. The molecule has 0 rings (SSSR count). The van der Waals surface area contributed by atoms with Crippen LogP contribution in [0.4, 0.5) is 0 Å². The molecular formula is C10H24N2Zn. The van der Waals surface area contributed by atoms with Crippen LogP contribution in [0.1, 0.15) is 12.8 Å². The Balaban J connectivity index is 2.92. The minimum absolute atomic E-state index is 0.124. The van der Waals surface area contributed by atoms with Crippen molar-refractivity contribution in [1.29, 1.82) is 0 Å². The van der Waals surface area contributed by atoms with Crippen molar-refractivity contribution in [2.45, 2.75) is 22.9 Å². The molecule has 0 saturated heterocycles. The Morgan fingerprint density at radius 2 is 1.15 bits per heavy atom. The summed E-state index contributed by atoms with van der Waals surface area (Å²) in [7, 11) is 8.66. The Morgan fingerprint density at radius 1 is 0.769 bits per heavy atom. The van der Waals surface area contributed by atoms with Crippen molar-refractivity contribution in [2.24, 2.45) is 0 Å². The number of rotatable bonds is 8. The van der Waals surface area contributed by atoms with Gasteiger partial charge < -0.3 is 0 Å². The number of nitrogens with zero attached hydrogens (tertiary/aromatic N) is 2. The first kappa shape index (κ1) is 13.5. The van der Waals surface area contributed by atoms with E-state index in [-0.39, 0.29) is 17.1 Å². The molecular weight excluding hydrogens is 214 g/mol. The summed E-state index contributed by atoms with van der Waals surface area (Å²) in [6, 6.07) is 0. The van der Waals surface area contributed by atoms with Gasteiger partial charge in [-0.1, -0.05) is 0 Å². The first-order valence-electron chi connectivity index (χ1n) is 5.42. The maximum absolute atomic E-state index is 2.29. The molecule has 0 spiro atoms. The molecule has 0 amide bonds. The van der Waals surface area contributed by atoms with Crippen molar-refractivity contribution in [2.75, 3.05) is 41.3 Å². The molecule has 0 radical (unpaired) electrons. The summed E-state index contributed by atoms with van der Waals surface area (Å²) in [5.41, 5.74) is 0. The quantitative estimate of drug-likeness (QED) is 0.469. The Hall–Kier alpha value is 0.543. The van der Waals surface area contributed by atoms with Crippen LogP contribution in [-0.4, -0.2) is 51.1 Å². The first-order chi connectivity index (χ1) is 6.13. The summed E-state index contributed by atoms with van der Waals surface area (Å²) < 4.78 is 0. The molecule has 0 aromatic rings. The number of hydrogen-bond donors (Lipinski definition) is 0. The summed E-state index contributed by atoms with van der Waals surface area (Å²) in [6.45, 7) is 2.58. The van der Waals surface area contributed by atoms with Crippen LogP contribution in [-0.2, 0) is 17.1 Å². The van der Waals surface area contributed by atoms with Gasteiger partial charge in [0.05, 0.1) is 0 Å². The maximum atomic E-state index is 2.29. The molecule has 0 heterocycles. The van der Waals surface area contributed by atoms with Gasteiger partial charge in [-0.05, 0) is 0 Å². The molecule has 0 saturated carbocycles. The molecule has 0 bridgehead atoms. The van der Waals surface area contributed by atoms with Gasteiger partial charge in [0, 0.05) is 0 Å². The van der Waals surface area contributed by atoms with E-state index >= 15 is 0 Å². The summed E-state index contributed by atoms with van der Waals surface area (Å²) in [4.78, 5) is 4.59. The van der Waals surface area contributed by atoms with Gasteiger partial charge in [-0.2, -0.15) is 0 Å². The van der Waals surface area contributed by atoms with E-state index in [9.17, 15) is 0 Å². The third-order valence-electron chi connectivity index (χ3n) is 2.21. The van der Waals surface area contributed by atoms with Gasteiger partial charge in [0.1, 0.15) is 0 Å². The normalized spacial score (nSPS) is 10.9. The fraction of sp³-hybridized carbons (Fsp3) is 1.00. The molecule has 0 aromatic heterocycles. The van der Waals surface area contributed by atoms with Crippen LogP contribution in [0.5, 0.6) is 0 Å². The van der Waals surface area contributed by atoms with Gasteiger partial charge in [0.15, 0.2) is 0 Å². The fourth-order valence-electron chi connectivity index (χ4n) is 1.39. The van der Waals surface area contributed by atoms with Crippen LogP contribution in [0.3, 0.4) is 0 Å². The van der Waals surface area contributed by atoms with Gasteiger partial charge in [0.25, 0.3) is 0 Å². The van der Waals surface area contributed by atoms with Crippen LogP contribution in [0, 0.1) is 0 Å². The molecule has 0 aliphatic heterocycles. The molecule has 0 aliphatic carbocycles. The third-order valence-corrected chi connectivity index (χ3v) is 6.41. The van der Waals surface area contributed by atoms with Crippen molar-refractivity contribution in [1.82, 2.24) is 9.80 Å². The topological polar surface area (TPSA) is 6.48 Å². The first-order valence-corrected chi connectivity index (χ1v) is 9.62. The Bertz CT molecular complexity index is 93.1. The average Bonchev–Trinajstić information content (AvgIpc) is 2.01. The summed E-state index contributed by atoms with van der Waals surface area (Å²) in [5, 5.41) is 3.16. The zero-order chi connectivity index (χ0) is 10.1. The van der Waals surface area contributed by atoms with Crippen molar-refractivity contribution in [3.05, 3.63) is 0 Å². The zero-order valence-corrected chi connectivity index (χ0v) is 12.8. The number of hydrogen-bond acceptors (Lipinski definition) is 2. The predicted octanol–water partition coefficient (Wildman–Crippen LogP) is 1.81. The van der Waals surface area contributed by atoms with Crippen LogP contribution in [0.25, 0.3) is 0 Å². The van der Waals surface area contributed by atoms with Crippen LogP contribution in [0.2, 0.25) is 10.0 Å². The molecule has 0 atom stereocenters. The van der Waals surface area contributed by atoms with Crippen molar-refractivity contribution < 1.29 is 17.1 Å². The van der Waals surface area contributed by atoms with Gasteiger partial charge in [0.2, 0.25) is 0 Å². The van der Waals surface area contributed by atoms with Crippen LogP contribution < -0.4 is 0 Å². The van der Waals surface area contributed by atoms with Crippen LogP contribution >= 0.6 is 0 Å². The summed E-state index contributed by atoms with van der Waals surface area (Å²) >= 11 is -0.124. The van der Waals surface area contributed by atoms with Crippen LogP contribution in [0.15, 0.2) is 0 Å². The fourth-order valence-corrected chi connectivity index (χ4v) is 4.55. The van der Waals surface area contributed by atoms with Gasteiger partial charge >= 0.3 is 91.1 Å². The molecule has 0 N–H and O–H groups in total. The summed E-state index contributed by atoms with van der Waals surface area (Å²) in [6.07, 6.45) is 2.88. The molecule has 2 nitrogen and oxygen atoms in total. The van der Waals surface area contributed by atoms with E-state index in [4.69, 9.17) is 0 Å². The van der Waals surface area contributed by atoms with E-state index in [1.54, 1.807) is 10.0 Å². The third kappa shape index (κ3) is 12.5. The molecule has 3 heteroatoms. The standard InChI is InChI=1S/2C5H12N.Zn/c2*1-4-5-6(2)3;/h2*1,4-5H2,2-3H3;. The molecule has 0 aliphatic rings.